The first-order valence-corrected chi connectivity index (χ1v) is 5.40. The predicted octanol–water partition coefficient (Wildman–Crippen LogP) is 0.922. The van der Waals surface area contributed by atoms with Crippen LogP contribution in [0.25, 0.3) is 0 Å². The van der Waals surface area contributed by atoms with Crippen molar-refractivity contribution in [2.45, 2.75) is 13.0 Å². The summed E-state index contributed by atoms with van der Waals surface area (Å²) in [6, 6.07) is 9.86. The third-order valence-electron chi connectivity index (χ3n) is 2.29. The summed E-state index contributed by atoms with van der Waals surface area (Å²) >= 11 is 0. The Kier molecular flexibility index (Phi) is 5.53. The maximum atomic E-state index is 10.7. The Balaban J connectivity index is 2.52. The first-order chi connectivity index (χ1) is 7.72. The monoisotopic (exact) mass is 222 g/mol. The van der Waals surface area contributed by atoms with Crippen LogP contribution in [0.2, 0.25) is 0 Å². The highest BCUT2D eigenvalue weighted by Crippen LogP contribution is 2.04. The maximum Gasteiger partial charge on any atom is 0.317 e. The van der Waals surface area contributed by atoms with Crippen LogP contribution in [-0.4, -0.2) is 35.6 Å². The van der Waals surface area contributed by atoms with Crippen LogP contribution in [0, 0.1) is 0 Å². The molecule has 1 rings (SSSR count). The van der Waals surface area contributed by atoms with Crippen LogP contribution in [0.5, 0.6) is 0 Å². The molecule has 0 saturated carbocycles. The Morgan fingerprint density at radius 2 is 2.00 bits per heavy atom. The Morgan fingerprint density at radius 1 is 1.31 bits per heavy atom. The van der Waals surface area contributed by atoms with Crippen molar-refractivity contribution in [3.8, 4) is 0 Å². The minimum Gasteiger partial charge on any atom is -0.480 e. The lowest BCUT2D eigenvalue weighted by molar-refractivity contribution is -0.138. The molecule has 0 fully saturated rings. The zero-order valence-corrected chi connectivity index (χ0v) is 9.30. The van der Waals surface area contributed by atoms with Gasteiger partial charge in [0.15, 0.2) is 0 Å². The smallest absolute Gasteiger partial charge is 0.317 e. The zero-order chi connectivity index (χ0) is 11.8. The Morgan fingerprint density at radius 3 is 2.56 bits per heavy atom. The minimum atomic E-state index is -0.798. The molecule has 3 N–H and O–H groups in total. The van der Waals surface area contributed by atoms with E-state index in [9.17, 15) is 4.79 Å². The van der Waals surface area contributed by atoms with E-state index in [0.717, 1.165) is 18.5 Å². The summed E-state index contributed by atoms with van der Waals surface area (Å²) in [5.41, 5.74) is 6.55. The van der Waals surface area contributed by atoms with Crippen LogP contribution in [0.1, 0.15) is 12.0 Å². The SMILES string of the molecule is NCCCN(CC(=O)O)Cc1ccccc1. The van der Waals surface area contributed by atoms with Crippen molar-refractivity contribution in [3.05, 3.63) is 35.9 Å². The van der Waals surface area contributed by atoms with E-state index in [-0.39, 0.29) is 6.54 Å². The molecule has 4 heteroatoms. The van der Waals surface area contributed by atoms with Crippen LogP contribution >= 0.6 is 0 Å². The molecule has 0 aliphatic carbocycles. The normalized spacial score (nSPS) is 10.6. The van der Waals surface area contributed by atoms with Crippen molar-refractivity contribution in [1.82, 2.24) is 4.90 Å². The number of nitrogens with zero attached hydrogens (tertiary/aromatic N) is 1. The average Bonchev–Trinajstić information content (AvgIpc) is 2.26. The molecule has 0 heterocycles. The summed E-state index contributed by atoms with van der Waals surface area (Å²) in [6.07, 6.45) is 0.820. The van der Waals surface area contributed by atoms with Crippen molar-refractivity contribution in [2.24, 2.45) is 5.73 Å². The van der Waals surface area contributed by atoms with Gasteiger partial charge in [0.1, 0.15) is 0 Å². The summed E-state index contributed by atoms with van der Waals surface area (Å²) in [4.78, 5) is 12.6. The molecule has 88 valence electrons. The Bertz CT molecular complexity index is 314. The van der Waals surface area contributed by atoms with Gasteiger partial charge in [0, 0.05) is 13.1 Å². The van der Waals surface area contributed by atoms with Gasteiger partial charge in [-0.05, 0) is 18.5 Å². The molecule has 0 spiro atoms. The molecule has 16 heavy (non-hydrogen) atoms. The average molecular weight is 222 g/mol. The van der Waals surface area contributed by atoms with E-state index in [1.807, 2.05) is 35.2 Å². The molecule has 0 bridgehead atoms. The summed E-state index contributed by atoms with van der Waals surface area (Å²) in [5, 5.41) is 8.79. The molecule has 0 aromatic heterocycles. The van der Waals surface area contributed by atoms with E-state index >= 15 is 0 Å². The van der Waals surface area contributed by atoms with Crippen molar-refractivity contribution in [3.63, 3.8) is 0 Å². The number of carboxylic acids is 1. The lowest BCUT2D eigenvalue weighted by atomic mass is 10.2. The van der Waals surface area contributed by atoms with Gasteiger partial charge in [0.05, 0.1) is 6.54 Å². The van der Waals surface area contributed by atoms with E-state index in [1.165, 1.54) is 0 Å². The Hall–Kier alpha value is -1.39. The number of aliphatic carboxylic acids is 1. The third-order valence-corrected chi connectivity index (χ3v) is 2.29. The number of hydrogen-bond donors (Lipinski definition) is 2. The van der Waals surface area contributed by atoms with E-state index in [4.69, 9.17) is 10.8 Å². The van der Waals surface area contributed by atoms with Gasteiger partial charge in [-0.2, -0.15) is 0 Å². The Labute approximate surface area is 95.7 Å². The lowest BCUT2D eigenvalue weighted by Crippen LogP contribution is -2.31. The molecule has 0 aliphatic rings. The standard InChI is InChI=1S/C12H18N2O2/c13-7-4-8-14(10-12(15)16)9-11-5-2-1-3-6-11/h1-3,5-6H,4,7-10,13H2,(H,15,16). The van der Waals surface area contributed by atoms with Gasteiger partial charge < -0.3 is 10.8 Å². The molecular formula is C12H18N2O2. The molecular weight excluding hydrogens is 204 g/mol. The van der Waals surface area contributed by atoms with Gasteiger partial charge in [0.25, 0.3) is 0 Å². The molecule has 0 amide bonds. The molecule has 0 unspecified atom stereocenters. The number of carboxylic acid groups (broad SMARTS) is 1. The van der Waals surface area contributed by atoms with Crippen LogP contribution in [0.4, 0.5) is 0 Å². The quantitative estimate of drug-likeness (QED) is 0.720. The largest absolute Gasteiger partial charge is 0.480 e. The highest BCUT2D eigenvalue weighted by atomic mass is 16.4. The number of carbonyl (C=O) groups is 1. The van der Waals surface area contributed by atoms with Crippen LogP contribution in [0.3, 0.4) is 0 Å². The zero-order valence-electron chi connectivity index (χ0n) is 9.30. The molecule has 0 atom stereocenters. The number of hydrogen-bond acceptors (Lipinski definition) is 3. The van der Waals surface area contributed by atoms with Gasteiger partial charge in [-0.1, -0.05) is 30.3 Å². The minimum absolute atomic E-state index is 0.0644. The van der Waals surface area contributed by atoms with Crippen molar-refractivity contribution < 1.29 is 9.90 Å². The lowest BCUT2D eigenvalue weighted by Gasteiger charge is -2.19. The van der Waals surface area contributed by atoms with Crippen molar-refractivity contribution in [2.75, 3.05) is 19.6 Å². The highest BCUT2D eigenvalue weighted by Gasteiger charge is 2.09. The number of benzene rings is 1. The fraction of sp³-hybridized carbons (Fsp3) is 0.417. The second kappa shape index (κ2) is 6.98. The van der Waals surface area contributed by atoms with Crippen molar-refractivity contribution in [1.29, 1.82) is 0 Å². The maximum absolute atomic E-state index is 10.7. The third kappa shape index (κ3) is 4.91. The first kappa shape index (κ1) is 12.7. The molecule has 0 saturated heterocycles. The van der Waals surface area contributed by atoms with Gasteiger partial charge in [-0.25, -0.2) is 0 Å². The second-order valence-corrected chi connectivity index (χ2v) is 3.73. The number of rotatable bonds is 7. The number of nitrogens with two attached hydrogens (primary N) is 1. The molecule has 0 radical (unpaired) electrons. The van der Waals surface area contributed by atoms with Crippen LogP contribution in [-0.2, 0) is 11.3 Å². The second-order valence-electron chi connectivity index (χ2n) is 3.73. The summed E-state index contributed by atoms with van der Waals surface area (Å²) in [5.74, 6) is -0.798. The molecule has 4 nitrogen and oxygen atoms in total. The van der Waals surface area contributed by atoms with Crippen LogP contribution < -0.4 is 5.73 Å². The van der Waals surface area contributed by atoms with Gasteiger partial charge in [-0.15, -0.1) is 0 Å². The van der Waals surface area contributed by atoms with Crippen LogP contribution in [0.15, 0.2) is 30.3 Å². The summed E-state index contributed by atoms with van der Waals surface area (Å²) in [7, 11) is 0. The molecule has 1 aromatic carbocycles. The predicted molar refractivity (Wildman–Crippen MR) is 63.0 cm³/mol. The first-order valence-electron chi connectivity index (χ1n) is 5.40. The van der Waals surface area contributed by atoms with Crippen molar-refractivity contribution >= 4 is 5.97 Å². The van der Waals surface area contributed by atoms with E-state index < -0.39 is 5.97 Å². The summed E-state index contributed by atoms with van der Waals surface area (Å²) in [6.45, 7) is 2.03. The van der Waals surface area contributed by atoms with Gasteiger partial charge in [-0.3, -0.25) is 9.69 Å². The van der Waals surface area contributed by atoms with Gasteiger partial charge in [0.2, 0.25) is 0 Å². The van der Waals surface area contributed by atoms with E-state index in [0.29, 0.717) is 13.1 Å². The summed E-state index contributed by atoms with van der Waals surface area (Å²) < 4.78 is 0. The fourth-order valence-corrected chi connectivity index (χ4v) is 1.56. The van der Waals surface area contributed by atoms with E-state index in [1.54, 1.807) is 0 Å². The van der Waals surface area contributed by atoms with E-state index in [2.05, 4.69) is 0 Å². The molecule has 0 aliphatic heterocycles. The molecule has 1 aromatic rings. The highest BCUT2D eigenvalue weighted by molar-refractivity contribution is 5.69. The van der Waals surface area contributed by atoms with Gasteiger partial charge >= 0.3 is 5.97 Å². The topological polar surface area (TPSA) is 66.6 Å². The fourth-order valence-electron chi connectivity index (χ4n) is 1.56.